The van der Waals surface area contributed by atoms with Crippen molar-refractivity contribution in [2.24, 2.45) is 0 Å². The zero-order valence-electron chi connectivity index (χ0n) is 13.9. The van der Waals surface area contributed by atoms with Crippen LogP contribution in [0.1, 0.15) is 24.2 Å². The van der Waals surface area contributed by atoms with Gasteiger partial charge in [0.25, 0.3) is 5.91 Å². The summed E-state index contributed by atoms with van der Waals surface area (Å²) in [5.74, 6) is -0.809. The Labute approximate surface area is 146 Å². The van der Waals surface area contributed by atoms with Gasteiger partial charge in [0.1, 0.15) is 5.03 Å². The number of hydrogen-bond donors (Lipinski definition) is 0. The van der Waals surface area contributed by atoms with Gasteiger partial charge in [-0.05, 0) is 44.4 Å². The molecule has 5 nitrogen and oxygen atoms in total. The highest BCUT2D eigenvalue weighted by molar-refractivity contribution is 7.98. The number of benzene rings is 1. The third kappa shape index (κ3) is 4.35. The van der Waals surface area contributed by atoms with E-state index < -0.39 is 5.97 Å². The molecular formula is C18H20N2O3S. The molecule has 0 unspecified atom stereocenters. The Kier molecular flexibility index (Phi) is 6.37. The molecule has 2 rings (SSSR count). The molecule has 0 spiro atoms. The van der Waals surface area contributed by atoms with Gasteiger partial charge < -0.3 is 9.64 Å². The molecule has 0 atom stereocenters. The molecule has 0 fully saturated rings. The van der Waals surface area contributed by atoms with Gasteiger partial charge in [-0.2, -0.15) is 0 Å². The first-order chi connectivity index (χ1) is 11.5. The topological polar surface area (TPSA) is 59.5 Å². The van der Waals surface area contributed by atoms with E-state index in [0.29, 0.717) is 10.6 Å². The fourth-order valence-electron chi connectivity index (χ4n) is 2.30. The summed E-state index contributed by atoms with van der Waals surface area (Å²) in [7, 11) is 0. The summed E-state index contributed by atoms with van der Waals surface area (Å²) in [5.41, 5.74) is 1.15. The van der Waals surface area contributed by atoms with E-state index in [4.69, 9.17) is 4.74 Å². The summed E-state index contributed by atoms with van der Waals surface area (Å²) in [4.78, 5) is 30.5. The lowest BCUT2D eigenvalue weighted by Gasteiger charge is -2.26. The third-order valence-electron chi connectivity index (χ3n) is 3.33. The van der Waals surface area contributed by atoms with Crippen LogP contribution in [0.25, 0.3) is 0 Å². The molecule has 126 valence electrons. The number of carbonyl (C=O) groups is 2. The fraction of sp³-hybridized carbons (Fsp3) is 0.278. The highest BCUT2D eigenvalue weighted by Crippen LogP contribution is 2.19. The third-order valence-corrected chi connectivity index (χ3v) is 4.04. The molecule has 0 N–H and O–H groups in total. The van der Waals surface area contributed by atoms with Crippen molar-refractivity contribution in [2.45, 2.75) is 24.9 Å². The molecule has 0 aliphatic rings. The number of esters is 1. The van der Waals surface area contributed by atoms with Gasteiger partial charge >= 0.3 is 5.97 Å². The van der Waals surface area contributed by atoms with Crippen LogP contribution >= 0.6 is 11.8 Å². The number of thioether (sulfide) groups is 1. The SMILES string of the molecule is CSc1ncccc1C(=O)OCC(=O)N(c1ccccc1)C(C)C. The van der Waals surface area contributed by atoms with Crippen LogP contribution in [-0.4, -0.2) is 35.8 Å². The van der Waals surface area contributed by atoms with Crippen molar-refractivity contribution in [1.29, 1.82) is 0 Å². The molecule has 1 aromatic carbocycles. The number of hydrogen-bond acceptors (Lipinski definition) is 5. The number of amides is 1. The summed E-state index contributed by atoms with van der Waals surface area (Å²) < 4.78 is 5.20. The van der Waals surface area contributed by atoms with Gasteiger partial charge in [0.2, 0.25) is 0 Å². The quantitative estimate of drug-likeness (QED) is 0.594. The van der Waals surface area contributed by atoms with Crippen LogP contribution in [0.15, 0.2) is 53.7 Å². The normalized spacial score (nSPS) is 10.5. The molecule has 1 heterocycles. The number of anilines is 1. The molecule has 0 bridgehead atoms. The van der Waals surface area contributed by atoms with Gasteiger partial charge in [-0.25, -0.2) is 9.78 Å². The van der Waals surface area contributed by atoms with Crippen LogP contribution in [0.2, 0.25) is 0 Å². The second kappa shape index (κ2) is 8.49. The Morgan fingerprint density at radius 3 is 2.50 bits per heavy atom. The summed E-state index contributed by atoms with van der Waals surface area (Å²) in [6, 6.07) is 12.6. The van der Waals surface area contributed by atoms with E-state index in [1.165, 1.54) is 11.8 Å². The Morgan fingerprint density at radius 2 is 1.88 bits per heavy atom. The van der Waals surface area contributed by atoms with Crippen molar-refractivity contribution >= 4 is 29.3 Å². The molecular weight excluding hydrogens is 324 g/mol. The van der Waals surface area contributed by atoms with Gasteiger partial charge in [0.05, 0.1) is 5.56 Å². The summed E-state index contributed by atoms with van der Waals surface area (Å²) >= 11 is 1.36. The smallest absolute Gasteiger partial charge is 0.341 e. The summed E-state index contributed by atoms with van der Waals surface area (Å²) in [5, 5.41) is 0.582. The lowest BCUT2D eigenvalue weighted by atomic mass is 10.2. The standard InChI is InChI=1S/C18H20N2O3S/c1-13(2)20(14-8-5-4-6-9-14)16(21)12-23-18(22)15-10-7-11-19-17(15)24-3/h4-11,13H,12H2,1-3H3. The van der Waals surface area contributed by atoms with Crippen molar-refractivity contribution in [1.82, 2.24) is 4.98 Å². The number of nitrogens with zero attached hydrogens (tertiary/aromatic N) is 2. The van der Waals surface area contributed by atoms with Crippen molar-refractivity contribution in [3.63, 3.8) is 0 Å². The van der Waals surface area contributed by atoms with E-state index in [9.17, 15) is 9.59 Å². The molecule has 6 heteroatoms. The van der Waals surface area contributed by atoms with Crippen molar-refractivity contribution in [2.75, 3.05) is 17.8 Å². The number of aromatic nitrogens is 1. The second-order valence-electron chi connectivity index (χ2n) is 5.33. The minimum Gasteiger partial charge on any atom is -0.452 e. The molecule has 24 heavy (non-hydrogen) atoms. The van der Waals surface area contributed by atoms with Crippen LogP contribution in [-0.2, 0) is 9.53 Å². The van der Waals surface area contributed by atoms with E-state index in [1.807, 2.05) is 50.4 Å². The van der Waals surface area contributed by atoms with Crippen molar-refractivity contribution in [3.8, 4) is 0 Å². The molecule has 1 amide bonds. The largest absolute Gasteiger partial charge is 0.452 e. The highest BCUT2D eigenvalue weighted by atomic mass is 32.2. The summed E-state index contributed by atoms with van der Waals surface area (Å²) in [6.45, 7) is 3.52. The maximum absolute atomic E-state index is 12.5. The first-order valence-corrected chi connectivity index (χ1v) is 8.80. The Morgan fingerprint density at radius 1 is 1.17 bits per heavy atom. The molecule has 2 aromatic rings. The first kappa shape index (κ1) is 18.0. The van der Waals surface area contributed by atoms with Crippen LogP contribution in [0.4, 0.5) is 5.69 Å². The molecule has 0 aliphatic carbocycles. The monoisotopic (exact) mass is 344 g/mol. The van der Waals surface area contributed by atoms with E-state index in [1.54, 1.807) is 23.2 Å². The van der Waals surface area contributed by atoms with Crippen LogP contribution < -0.4 is 4.90 Å². The predicted molar refractivity (Wildman–Crippen MR) is 95.4 cm³/mol. The number of ether oxygens (including phenoxy) is 1. The van der Waals surface area contributed by atoms with Gasteiger partial charge in [-0.15, -0.1) is 11.8 Å². The van der Waals surface area contributed by atoms with E-state index in [0.717, 1.165) is 5.69 Å². The zero-order valence-corrected chi connectivity index (χ0v) is 14.7. The van der Waals surface area contributed by atoms with Gasteiger partial charge in [0.15, 0.2) is 6.61 Å². The maximum Gasteiger partial charge on any atom is 0.341 e. The maximum atomic E-state index is 12.5. The van der Waals surface area contributed by atoms with Crippen LogP contribution in [0, 0.1) is 0 Å². The Balaban J connectivity index is 2.07. The number of carbonyl (C=O) groups excluding carboxylic acids is 2. The number of para-hydroxylation sites is 1. The zero-order chi connectivity index (χ0) is 17.5. The molecule has 0 aliphatic heterocycles. The van der Waals surface area contributed by atoms with Crippen molar-refractivity contribution < 1.29 is 14.3 Å². The van der Waals surface area contributed by atoms with Crippen molar-refractivity contribution in [3.05, 3.63) is 54.2 Å². The molecule has 0 saturated carbocycles. The molecule has 1 aromatic heterocycles. The second-order valence-corrected chi connectivity index (χ2v) is 6.12. The average molecular weight is 344 g/mol. The lowest BCUT2D eigenvalue weighted by Crippen LogP contribution is -2.39. The Hall–Kier alpha value is -2.34. The molecule has 0 saturated heterocycles. The highest BCUT2D eigenvalue weighted by Gasteiger charge is 2.21. The molecule has 0 radical (unpaired) electrons. The van der Waals surface area contributed by atoms with Gasteiger partial charge in [-0.1, -0.05) is 18.2 Å². The van der Waals surface area contributed by atoms with Gasteiger partial charge in [0, 0.05) is 17.9 Å². The predicted octanol–water partition coefficient (Wildman–Crippen LogP) is 3.40. The minimum atomic E-state index is -0.544. The average Bonchev–Trinajstić information content (AvgIpc) is 2.60. The van der Waals surface area contributed by atoms with E-state index >= 15 is 0 Å². The van der Waals surface area contributed by atoms with Gasteiger partial charge in [-0.3, -0.25) is 4.79 Å². The van der Waals surface area contributed by atoms with Crippen LogP contribution in [0.5, 0.6) is 0 Å². The van der Waals surface area contributed by atoms with Crippen LogP contribution in [0.3, 0.4) is 0 Å². The van der Waals surface area contributed by atoms with E-state index in [-0.39, 0.29) is 18.6 Å². The van der Waals surface area contributed by atoms with E-state index in [2.05, 4.69) is 4.98 Å². The summed E-state index contributed by atoms with van der Waals surface area (Å²) in [6.07, 6.45) is 3.45. The Bertz CT molecular complexity index is 704. The number of pyridine rings is 1. The number of rotatable bonds is 6. The minimum absolute atomic E-state index is 0.0428. The first-order valence-electron chi connectivity index (χ1n) is 7.57. The lowest BCUT2D eigenvalue weighted by molar-refractivity contribution is -0.122. The fourth-order valence-corrected chi connectivity index (χ4v) is 2.84.